The highest BCUT2D eigenvalue weighted by atomic mass is 16.6. The molecule has 5 rings (SSSR count). The van der Waals surface area contributed by atoms with Crippen LogP contribution in [0.1, 0.15) is 31.0 Å². The van der Waals surface area contributed by atoms with Crippen LogP contribution in [0.5, 0.6) is 5.75 Å². The number of carbonyl (C=O) groups is 1. The third-order valence-electron chi connectivity index (χ3n) is 6.47. The number of fused-ring (bicyclic) bond motifs is 4. The van der Waals surface area contributed by atoms with E-state index in [1.165, 1.54) is 5.69 Å². The molecule has 0 bridgehead atoms. The number of methoxy groups -OCH3 is 1. The molecule has 2 aliphatic heterocycles. The van der Waals surface area contributed by atoms with E-state index >= 15 is 0 Å². The molecule has 0 aliphatic carbocycles. The molecule has 6 heteroatoms. The minimum absolute atomic E-state index is 0.0417. The Hall–Kier alpha value is -3.41. The van der Waals surface area contributed by atoms with Crippen LogP contribution in [0.15, 0.2) is 66.9 Å². The van der Waals surface area contributed by atoms with Gasteiger partial charge in [0.25, 0.3) is 0 Å². The fraction of sp³-hybridized carbons (Fsp3) is 0.320. The van der Waals surface area contributed by atoms with Crippen molar-refractivity contribution < 1.29 is 14.3 Å². The number of carbonyl (C=O) groups excluding carboxylic acids is 1. The summed E-state index contributed by atoms with van der Waals surface area (Å²) in [5, 5.41) is 3.80. The Morgan fingerprint density at radius 1 is 1.16 bits per heavy atom. The van der Waals surface area contributed by atoms with Gasteiger partial charge in [-0.2, -0.15) is 0 Å². The van der Waals surface area contributed by atoms with Crippen molar-refractivity contribution >= 4 is 11.8 Å². The number of hydrogen-bond acceptors (Lipinski definition) is 4. The molecule has 3 heterocycles. The van der Waals surface area contributed by atoms with Gasteiger partial charge in [-0.25, -0.2) is 4.79 Å². The molecule has 2 unspecified atom stereocenters. The van der Waals surface area contributed by atoms with Gasteiger partial charge in [0.1, 0.15) is 12.4 Å². The van der Waals surface area contributed by atoms with Crippen LogP contribution in [0.2, 0.25) is 0 Å². The molecule has 160 valence electrons. The number of aromatic nitrogens is 1. The Morgan fingerprint density at radius 2 is 2.00 bits per heavy atom. The number of rotatable bonds is 3. The van der Waals surface area contributed by atoms with E-state index in [2.05, 4.69) is 41.2 Å². The summed E-state index contributed by atoms with van der Waals surface area (Å²) in [7, 11) is 1.68. The van der Waals surface area contributed by atoms with Crippen molar-refractivity contribution in [1.82, 2.24) is 9.47 Å². The molecule has 6 nitrogen and oxygen atoms in total. The number of anilines is 1. The van der Waals surface area contributed by atoms with Crippen LogP contribution >= 0.6 is 0 Å². The molecule has 2 aliphatic rings. The van der Waals surface area contributed by atoms with Gasteiger partial charge in [-0.3, -0.25) is 0 Å². The number of piperidine rings is 1. The van der Waals surface area contributed by atoms with E-state index in [4.69, 9.17) is 9.47 Å². The summed E-state index contributed by atoms with van der Waals surface area (Å²) in [6, 6.07) is 20.2. The van der Waals surface area contributed by atoms with Crippen LogP contribution in [-0.4, -0.2) is 35.3 Å². The second kappa shape index (κ2) is 7.69. The zero-order valence-electron chi connectivity index (χ0n) is 17.9. The van der Waals surface area contributed by atoms with Crippen LogP contribution in [0.3, 0.4) is 0 Å². The summed E-state index contributed by atoms with van der Waals surface area (Å²) in [4.78, 5) is 14.6. The van der Waals surface area contributed by atoms with Crippen molar-refractivity contribution in [3.8, 4) is 11.4 Å². The number of nitrogens with one attached hydrogen (secondary N) is 1. The molecule has 0 saturated carbocycles. The van der Waals surface area contributed by atoms with Crippen LogP contribution in [0.25, 0.3) is 5.69 Å². The first kappa shape index (κ1) is 19.5. The fourth-order valence-corrected chi connectivity index (χ4v) is 4.92. The van der Waals surface area contributed by atoms with E-state index < -0.39 is 0 Å². The van der Waals surface area contributed by atoms with Crippen LogP contribution in [-0.2, 0) is 16.9 Å². The van der Waals surface area contributed by atoms with E-state index in [-0.39, 0.29) is 17.7 Å². The van der Waals surface area contributed by atoms with Gasteiger partial charge in [0.05, 0.1) is 24.0 Å². The molecule has 2 aromatic carbocycles. The van der Waals surface area contributed by atoms with Crippen molar-refractivity contribution in [2.45, 2.75) is 38.0 Å². The van der Waals surface area contributed by atoms with Gasteiger partial charge in [0.2, 0.25) is 0 Å². The number of likely N-dealkylation sites (tertiary alicyclic amines) is 1. The van der Waals surface area contributed by atoms with Crippen LogP contribution < -0.4 is 10.1 Å². The number of amides is 1. The monoisotopic (exact) mass is 417 g/mol. The molecule has 2 atom stereocenters. The minimum Gasteiger partial charge on any atom is -0.497 e. The van der Waals surface area contributed by atoms with Crippen LogP contribution in [0, 0.1) is 0 Å². The van der Waals surface area contributed by atoms with Crippen molar-refractivity contribution in [2.75, 3.05) is 19.0 Å². The summed E-state index contributed by atoms with van der Waals surface area (Å²) in [5.41, 5.74) is 4.15. The van der Waals surface area contributed by atoms with Gasteiger partial charge >= 0.3 is 6.09 Å². The quantitative estimate of drug-likeness (QED) is 0.657. The molecule has 1 N–H and O–H groups in total. The van der Waals surface area contributed by atoms with Crippen molar-refractivity contribution in [1.29, 1.82) is 0 Å². The maximum absolute atomic E-state index is 12.8. The van der Waals surface area contributed by atoms with Gasteiger partial charge in [0.15, 0.2) is 0 Å². The van der Waals surface area contributed by atoms with Crippen molar-refractivity contribution in [3.05, 3.63) is 78.1 Å². The second-order valence-corrected chi connectivity index (χ2v) is 8.39. The Labute approximate surface area is 182 Å². The lowest BCUT2D eigenvalue weighted by Crippen LogP contribution is -2.54. The average Bonchev–Trinajstić information content (AvgIpc) is 3.29. The number of hydrogen-bond donors (Lipinski definition) is 1. The Morgan fingerprint density at radius 3 is 2.77 bits per heavy atom. The zero-order valence-corrected chi connectivity index (χ0v) is 17.9. The average molecular weight is 418 g/mol. The number of benzene rings is 2. The third kappa shape index (κ3) is 3.42. The summed E-state index contributed by atoms with van der Waals surface area (Å²) in [6.45, 7) is 3.02. The van der Waals surface area contributed by atoms with Gasteiger partial charge in [-0.05, 0) is 49.6 Å². The Bertz CT molecular complexity index is 1090. The first-order valence-electron chi connectivity index (χ1n) is 10.7. The molecule has 1 aromatic heterocycles. The molecule has 1 spiro atoms. The normalized spacial score (nSPS) is 21.7. The van der Waals surface area contributed by atoms with Gasteiger partial charge in [-0.1, -0.05) is 30.3 Å². The van der Waals surface area contributed by atoms with E-state index in [9.17, 15) is 4.79 Å². The molecule has 1 fully saturated rings. The molecular formula is C25H27N3O3. The zero-order chi connectivity index (χ0) is 21.4. The molecule has 3 aromatic rings. The standard InChI is InChI=1S/C25H27N3O3/c1-18-16-25(12-14-27(18)24(29)31-17-19-7-4-3-5-8-19)23-9-6-13-28(23)22-11-10-20(30-2)15-21(22)26-25/h3-11,13,15,18,26H,12,14,16-17H2,1-2H3. The minimum atomic E-state index is -0.250. The highest BCUT2D eigenvalue weighted by Gasteiger charge is 2.45. The van der Waals surface area contributed by atoms with Gasteiger partial charge in [-0.15, -0.1) is 0 Å². The van der Waals surface area contributed by atoms with Crippen LogP contribution in [0.4, 0.5) is 10.5 Å². The summed E-state index contributed by atoms with van der Waals surface area (Å²) >= 11 is 0. The number of ether oxygens (including phenoxy) is 2. The summed E-state index contributed by atoms with van der Waals surface area (Å²) in [6.07, 6.45) is 3.46. The lowest BCUT2D eigenvalue weighted by molar-refractivity contribution is 0.0576. The third-order valence-corrected chi connectivity index (χ3v) is 6.47. The van der Waals surface area contributed by atoms with Gasteiger partial charge < -0.3 is 24.3 Å². The maximum atomic E-state index is 12.8. The van der Waals surface area contributed by atoms with E-state index in [1.54, 1.807) is 7.11 Å². The molecule has 0 radical (unpaired) electrons. The smallest absolute Gasteiger partial charge is 0.410 e. The SMILES string of the molecule is COc1ccc2c(c1)NC1(CCN(C(=O)OCc3ccccc3)C(C)C1)c1cccn1-2. The Kier molecular flexibility index (Phi) is 4.85. The summed E-state index contributed by atoms with van der Waals surface area (Å²) in [5.74, 6) is 0.826. The second-order valence-electron chi connectivity index (χ2n) is 8.39. The van der Waals surface area contributed by atoms with Crippen molar-refractivity contribution in [2.24, 2.45) is 0 Å². The predicted molar refractivity (Wildman–Crippen MR) is 120 cm³/mol. The molecular weight excluding hydrogens is 390 g/mol. The molecule has 1 amide bonds. The van der Waals surface area contributed by atoms with E-state index in [0.717, 1.165) is 35.5 Å². The largest absolute Gasteiger partial charge is 0.497 e. The lowest BCUT2D eigenvalue weighted by Gasteiger charge is -2.48. The predicted octanol–water partition coefficient (Wildman–Crippen LogP) is 4.93. The molecule has 1 saturated heterocycles. The van der Waals surface area contributed by atoms with Crippen molar-refractivity contribution in [3.63, 3.8) is 0 Å². The lowest BCUT2D eigenvalue weighted by atomic mass is 9.79. The fourth-order valence-electron chi connectivity index (χ4n) is 4.92. The summed E-state index contributed by atoms with van der Waals surface area (Å²) < 4.78 is 13.3. The first-order chi connectivity index (χ1) is 15.1. The maximum Gasteiger partial charge on any atom is 0.410 e. The van der Waals surface area contributed by atoms with E-state index in [0.29, 0.717) is 13.2 Å². The Balaban J connectivity index is 1.35. The highest BCUT2D eigenvalue weighted by molar-refractivity contribution is 5.71. The first-order valence-corrected chi connectivity index (χ1v) is 10.7. The highest BCUT2D eigenvalue weighted by Crippen LogP contribution is 2.45. The van der Waals surface area contributed by atoms with E-state index in [1.807, 2.05) is 47.4 Å². The molecule has 31 heavy (non-hydrogen) atoms. The van der Waals surface area contributed by atoms with Gasteiger partial charge in [0, 0.05) is 30.5 Å². The number of nitrogens with zero attached hydrogens (tertiary/aromatic N) is 2. The topological polar surface area (TPSA) is 55.7 Å².